The van der Waals surface area contributed by atoms with Crippen molar-refractivity contribution < 1.29 is 37.0 Å². The summed E-state index contributed by atoms with van der Waals surface area (Å²) in [5.74, 6) is -1.19. The van der Waals surface area contributed by atoms with Crippen LogP contribution in [0.25, 0.3) is 6.08 Å². The van der Waals surface area contributed by atoms with Gasteiger partial charge in [0.2, 0.25) is 0 Å². The van der Waals surface area contributed by atoms with Gasteiger partial charge in [-0.05, 0) is 42.8 Å². The molecule has 0 spiro atoms. The maximum atomic E-state index is 13.1. The minimum atomic E-state index is -4.73. The molecule has 0 aromatic heterocycles. The molecule has 0 bridgehead atoms. The number of hydrogen-bond acceptors (Lipinski definition) is 5. The van der Waals surface area contributed by atoms with Crippen LogP contribution >= 0.6 is 23.2 Å². The van der Waals surface area contributed by atoms with E-state index < -0.39 is 35.9 Å². The van der Waals surface area contributed by atoms with Crippen LogP contribution in [0, 0.1) is 0 Å². The molecular formula is C21H18Cl2F3NO5. The van der Waals surface area contributed by atoms with Gasteiger partial charge in [0, 0.05) is 6.08 Å². The summed E-state index contributed by atoms with van der Waals surface area (Å²) in [6.07, 6.45) is -2.34. The van der Waals surface area contributed by atoms with Crippen LogP contribution in [0.1, 0.15) is 18.1 Å². The van der Waals surface area contributed by atoms with Crippen molar-refractivity contribution in [3.05, 3.63) is 57.6 Å². The van der Waals surface area contributed by atoms with E-state index in [-0.39, 0.29) is 10.0 Å². The molecule has 0 saturated heterocycles. The van der Waals surface area contributed by atoms with Gasteiger partial charge in [-0.1, -0.05) is 29.3 Å². The Morgan fingerprint density at radius 1 is 1.16 bits per heavy atom. The predicted molar refractivity (Wildman–Crippen MR) is 114 cm³/mol. The van der Waals surface area contributed by atoms with Crippen LogP contribution in [0.3, 0.4) is 0 Å². The minimum Gasteiger partial charge on any atom is -0.491 e. The van der Waals surface area contributed by atoms with E-state index in [9.17, 15) is 22.8 Å². The molecule has 0 saturated carbocycles. The maximum Gasteiger partial charge on any atom is 0.418 e. The number of ether oxygens (including phenoxy) is 3. The Bertz CT molecular complexity index is 1030. The molecule has 0 fully saturated rings. The average molecular weight is 492 g/mol. The number of methoxy groups -OCH3 is 1. The molecule has 0 heterocycles. The number of alkyl halides is 3. The quantitative estimate of drug-likeness (QED) is 0.383. The third kappa shape index (κ3) is 6.80. The number of hydrogen-bond donors (Lipinski definition) is 1. The van der Waals surface area contributed by atoms with Gasteiger partial charge in [0.1, 0.15) is 0 Å². The highest BCUT2D eigenvalue weighted by Gasteiger charge is 2.34. The highest BCUT2D eigenvalue weighted by molar-refractivity contribution is 6.34. The van der Waals surface area contributed by atoms with Gasteiger partial charge in [-0.2, -0.15) is 13.2 Å². The summed E-state index contributed by atoms with van der Waals surface area (Å²) in [5, 5.41) is 1.97. The molecule has 172 valence electrons. The summed E-state index contributed by atoms with van der Waals surface area (Å²) < 4.78 is 54.6. The molecule has 11 heteroatoms. The van der Waals surface area contributed by atoms with E-state index >= 15 is 0 Å². The Kier molecular flexibility index (Phi) is 8.80. The van der Waals surface area contributed by atoms with Gasteiger partial charge in [-0.3, -0.25) is 4.79 Å². The van der Waals surface area contributed by atoms with E-state index in [1.165, 1.54) is 25.3 Å². The van der Waals surface area contributed by atoms with Crippen molar-refractivity contribution in [2.45, 2.75) is 13.1 Å². The van der Waals surface area contributed by atoms with Crippen molar-refractivity contribution in [1.82, 2.24) is 0 Å². The van der Waals surface area contributed by atoms with Crippen LogP contribution in [0.15, 0.2) is 36.4 Å². The van der Waals surface area contributed by atoms with Gasteiger partial charge >= 0.3 is 12.1 Å². The van der Waals surface area contributed by atoms with Crippen molar-refractivity contribution >= 4 is 46.8 Å². The number of anilines is 1. The van der Waals surface area contributed by atoms with Crippen LogP contribution in [0.2, 0.25) is 10.0 Å². The first-order valence-corrected chi connectivity index (χ1v) is 9.83. The van der Waals surface area contributed by atoms with Crippen molar-refractivity contribution in [3.8, 4) is 11.5 Å². The SMILES string of the molecule is CCOc1cc(C=CC(=O)OCC(=O)Nc2c(Cl)cccc2C(F)(F)F)cc(Cl)c1OC. The lowest BCUT2D eigenvalue weighted by Gasteiger charge is -2.15. The molecule has 0 atom stereocenters. The first-order chi connectivity index (χ1) is 15.1. The summed E-state index contributed by atoms with van der Waals surface area (Å²) in [4.78, 5) is 23.9. The predicted octanol–water partition coefficient (Wildman–Crippen LogP) is 5.61. The lowest BCUT2D eigenvalue weighted by molar-refractivity contribution is -0.142. The van der Waals surface area contributed by atoms with Crippen molar-refractivity contribution in [1.29, 1.82) is 0 Å². The lowest BCUT2D eigenvalue weighted by atomic mass is 10.1. The van der Waals surface area contributed by atoms with E-state index in [4.69, 9.17) is 37.4 Å². The van der Waals surface area contributed by atoms with Gasteiger partial charge in [0.15, 0.2) is 18.1 Å². The Morgan fingerprint density at radius 2 is 1.88 bits per heavy atom. The summed E-state index contributed by atoms with van der Waals surface area (Å²) in [5.41, 5.74) is -1.24. The van der Waals surface area contributed by atoms with Crippen LogP contribution in [-0.2, 0) is 20.5 Å². The summed E-state index contributed by atoms with van der Waals surface area (Å²) in [6, 6.07) is 6.18. The molecule has 0 aliphatic heterocycles. The third-order valence-corrected chi connectivity index (χ3v) is 4.47. The molecule has 0 aliphatic carbocycles. The molecule has 32 heavy (non-hydrogen) atoms. The average Bonchev–Trinajstić information content (AvgIpc) is 2.71. The van der Waals surface area contributed by atoms with Crippen molar-refractivity contribution in [2.24, 2.45) is 0 Å². The minimum absolute atomic E-state index is 0.256. The van der Waals surface area contributed by atoms with Gasteiger partial charge in [0.05, 0.1) is 35.0 Å². The smallest absolute Gasteiger partial charge is 0.418 e. The van der Waals surface area contributed by atoms with Crippen LogP contribution in [-0.4, -0.2) is 32.2 Å². The number of nitrogens with one attached hydrogen (secondary N) is 1. The molecule has 6 nitrogen and oxygen atoms in total. The molecule has 1 N–H and O–H groups in total. The Morgan fingerprint density at radius 3 is 2.50 bits per heavy atom. The fraction of sp³-hybridized carbons (Fsp3) is 0.238. The molecule has 0 unspecified atom stereocenters. The first-order valence-electron chi connectivity index (χ1n) is 9.07. The van der Waals surface area contributed by atoms with E-state index in [1.807, 2.05) is 5.32 Å². The lowest BCUT2D eigenvalue weighted by Crippen LogP contribution is -2.22. The number of benzene rings is 2. The number of carbonyl (C=O) groups excluding carboxylic acids is 2. The number of halogens is 5. The van der Waals surface area contributed by atoms with E-state index in [1.54, 1.807) is 13.0 Å². The van der Waals surface area contributed by atoms with Gasteiger partial charge < -0.3 is 19.5 Å². The second-order valence-corrected chi connectivity index (χ2v) is 6.93. The Hall–Kier alpha value is -2.91. The molecule has 2 aromatic rings. The number of rotatable bonds is 8. The zero-order valence-electron chi connectivity index (χ0n) is 16.9. The van der Waals surface area contributed by atoms with Crippen molar-refractivity contribution in [2.75, 3.05) is 25.6 Å². The van der Waals surface area contributed by atoms with Gasteiger partial charge in [0.25, 0.3) is 5.91 Å². The fourth-order valence-corrected chi connectivity index (χ4v) is 3.08. The highest BCUT2D eigenvalue weighted by atomic mass is 35.5. The first kappa shape index (κ1) is 25.4. The molecule has 0 aliphatic rings. The van der Waals surface area contributed by atoms with Crippen LogP contribution in [0.4, 0.5) is 18.9 Å². The normalized spacial score (nSPS) is 11.3. The highest BCUT2D eigenvalue weighted by Crippen LogP contribution is 2.38. The zero-order valence-corrected chi connectivity index (χ0v) is 18.4. The summed E-state index contributed by atoms with van der Waals surface area (Å²) in [7, 11) is 1.43. The standard InChI is InChI=1S/C21H18Cl2F3NO5/c1-3-31-16-10-12(9-15(23)20(16)30-2)7-8-18(29)32-11-17(28)27-19-13(21(24,25)26)5-4-6-14(19)22/h4-10H,3,11H2,1-2H3,(H,27,28). The molecule has 2 aromatic carbocycles. The largest absolute Gasteiger partial charge is 0.491 e. The maximum absolute atomic E-state index is 13.1. The van der Waals surface area contributed by atoms with Crippen LogP contribution < -0.4 is 14.8 Å². The number of para-hydroxylation sites is 1. The molecule has 0 radical (unpaired) electrons. The molecular weight excluding hydrogens is 474 g/mol. The molecule has 2 rings (SSSR count). The fourth-order valence-electron chi connectivity index (χ4n) is 2.56. The van der Waals surface area contributed by atoms with Gasteiger partial charge in [-0.25, -0.2) is 4.79 Å². The number of carbonyl (C=O) groups is 2. The van der Waals surface area contributed by atoms with Crippen LogP contribution in [0.5, 0.6) is 11.5 Å². The van der Waals surface area contributed by atoms with E-state index in [0.717, 1.165) is 18.2 Å². The second kappa shape index (κ2) is 11.1. The van der Waals surface area contributed by atoms with Crippen molar-refractivity contribution in [3.63, 3.8) is 0 Å². The van der Waals surface area contributed by atoms with E-state index in [2.05, 4.69) is 0 Å². The summed E-state index contributed by atoms with van der Waals surface area (Å²) >= 11 is 11.9. The summed E-state index contributed by atoms with van der Waals surface area (Å²) in [6.45, 7) is 1.32. The zero-order chi connectivity index (χ0) is 23.9. The van der Waals surface area contributed by atoms with E-state index in [0.29, 0.717) is 23.7 Å². The molecule has 1 amide bonds. The second-order valence-electron chi connectivity index (χ2n) is 6.12. The Balaban J connectivity index is 2.02. The van der Waals surface area contributed by atoms with Gasteiger partial charge in [-0.15, -0.1) is 0 Å². The Labute approximate surface area is 191 Å². The third-order valence-electron chi connectivity index (χ3n) is 3.88. The number of esters is 1. The monoisotopic (exact) mass is 491 g/mol. The topological polar surface area (TPSA) is 73.9 Å². The number of amides is 1.